The van der Waals surface area contributed by atoms with Gasteiger partial charge in [0.1, 0.15) is 6.61 Å². The Hall–Kier alpha value is -2.12. The molecule has 0 spiro atoms. The molecule has 0 aromatic heterocycles. The third-order valence-electron chi connectivity index (χ3n) is 5.45. The highest BCUT2D eigenvalue weighted by molar-refractivity contribution is 9.10. The molecule has 5 nitrogen and oxygen atoms in total. The van der Waals surface area contributed by atoms with Crippen LogP contribution in [0.3, 0.4) is 0 Å². The molecule has 1 fully saturated rings. The number of nitrogens with zero attached hydrogens (tertiary/aromatic N) is 1. The van der Waals surface area contributed by atoms with Crippen LogP contribution >= 0.6 is 39.1 Å². The molecule has 3 aromatic carbocycles. The lowest BCUT2D eigenvalue weighted by Crippen LogP contribution is -2.36. The Bertz CT molecular complexity index is 1070. The van der Waals surface area contributed by atoms with Crippen LogP contribution in [0.2, 0.25) is 10.0 Å². The monoisotopic (exact) mass is 550 g/mol. The molecule has 0 radical (unpaired) electrons. The highest BCUT2D eigenvalue weighted by atomic mass is 79.9. The average molecular weight is 552 g/mol. The summed E-state index contributed by atoms with van der Waals surface area (Å²) in [5.74, 6) is 1.24. The molecule has 1 saturated heterocycles. The summed E-state index contributed by atoms with van der Waals surface area (Å²) in [7, 11) is 1.62. The molecule has 0 amide bonds. The smallest absolute Gasteiger partial charge is 0.175 e. The van der Waals surface area contributed by atoms with Gasteiger partial charge in [-0.15, -0.1) is 0 Å². The van der Waals surface area contributed by atoms with E-state index >= 15 is 0 Å². The zero-order valence-electron chi connectivity index (χ0n) is 18.2. The lowest BCUT2D eigenvalue weighted by Gasteiger charge is -2.29. The zero-order chi connectivity index (χ0) is 23.2. The van der Waals surface area contributed by atoms with Crippen molar-refractivity contribution in [2.75, 3.05) is 43.6 Å². The van der Waals surface area contributed by atoms with Crippen molar-refractivity contribution in [3.63, 3.8) is 0 Å². The molecule has 1 aliphatic heterocycles. The summed E-state index contributed by atoms with van der Waals surface area (Å²) in [6.07, 6.45) is 0. The third kappa shape index (κ3) is 6.07. The first-order chi connectivity index (χ1) is 16.0. The van der Waals surface area contributed by atoms with Crippen LogP contribution in [0.1, 0.15) is 11.1 Å². The first-order valence-corrected chi connectivity index (χ1v) is 12.2. The first kappa shape index (κ1) is 24.0. The van der Waals surface area contributed by atoms with Crippen LogP contribution in [0.25, 0.3) is 0 Å². The quantitative estimate of drug-likeness (QED) is 0.334. The molecule has 4 rings (SSSR count). The fourth-order valence-electron chi connectivity index (χ4n) is 3.65. The topological polar surface area (TPSA) is 43.0 Å². The molecule has 3 aromatic rings. The van der Waals surface area contributed by atoms with Crippen molar-refractivity contribution >= 4 is 50.5 Å². The molecule has 1 aliphatic rings. The van der Waals surface area contributed by atoms with Crippen LogP contribution in [0.15, 0.2) is 59.1 Å². The van der Waals surface area contributed by atoms with Crippen molar-refractivity contribution in [2.24, 2.45) is 0 Å². The normalized spacial score (nSPS) is 13.6. The number of morpholine rings is 1. The lowest BCUT2D eigenvalue weighted by atomic mass is 10.2. The summed E-state index contributed by atoms with van der Waals surface area (Å²) in [5, 5.41) is 4.60. The van der Waals surface area contributed by atoms with Gasteiger partial charge in [-0.2, -0.15) is 0 Å². The fraction of sp³-hybridized carbons (Fsp3) is 0.280. The van der Waals surface area contributed by atoms with Gasteiger partial charge in [-0.3, -0.25) is 0 Å². The maximum Gasteiger partial charge on any atom is 0.175 e. The number of hydrogen-bond donors (Lipinski definition) is 1. The largest absolute Gasteiger partial charge is 0.493 e. The van der Waals surface area contributed by atoms with E-state index in [-0.39, 0.29) is 6.61 Å². The molecule has 174 valence electrons. The minimum Gasteiger partial charge on any atom is -0.493 e. The molecule has 8 heteroatoms. The Kier molecular flexibility index (Phi) is 8.25. The van der Waals surface area contributed by atoms with Gasteiger partial charge in [-0.25, -0.2) is 0 Å². The number of ether oxygens (including phenoxy) is 3. The van der Waals surface area contributed by atoms with Gasteiger partial charge >= 0.3 is 0 Å². The van der Waals surface area contributed by atoms with E-state index in [0.29, 0.717) is 28.1 Å². The molecule has 0 aliphatic carbocycles. The van der Waals surface area contributed by atoms with Gasteiger partial charge in [0.05, 0.1) is 24.8 Å². The molecule has 1 N–H and O–H groups in total. The van der Waals surface area contributed by atoms with E-state index in [1.54, 1.807) is 19.2 Å². The number of benzene rings is 3. The first-order valence-electron chi connectivity index (χ1n) is 10.6. The van der Waals surface area contributed by atoms with Crippen LogP contribution in [0.5, 0.6) is 11.5 Å². The van der Waals surface area contributed by atoms with E-state index in [0.717, 1.165) is 47.6 Å². The predicted octanol–water partition coefficient (Wildman–Crippen LogP) is 6.79. The second-order valence-electron chi connectivity index (χ2n) is 7.60. The molecule has 33 heavy (non-hydrogen) atoms. The second-order valence-corrected chi connectivity index (χ2v) is 9.27. The van der Waals surface area contributed by atoms with Crippen molar-refractivity contribution < 1.29 is 14.2 Å². The molecule has 0 atom stereocenters. The molecule has 0 unspecified atom stereocenters. The number of nitrogens with one attached hydrogen (secondary N) is 1. The SMILES string of the molecule is COc1cc(CNc2ccc(N3CCOCC3)cc2)cc(Br)c1OCc1c(Cl)cccc1Cl. The average Bonchev–Trinajstić information content (AvgIpc) is 2.84. The standard InChI is InChI=1S/C25H25BrCl2N2O3/c1-31-24-14-17(13-21(26)25(24)33-16-20-22(27)3-2-4-23(20)28)15-29-18-5-7-19(8-6-18)30-9-11-32-12-10-30/h2-8,13-14,29H,9-12,15-16H2,1H3. The Labute approximate surface area is 212 Å². The highest BCUT2D eigenvalue weighted by Crippen LogP contribution is 2.38. The van der Waals surface area contributed by atoms with Gasteiger partial charge in [0.25, 0.3) is 0 Å². The maximum absolute atomic E-state index is 6.26. The van der Waals surface area contributed by atoms with Gasteiger partial charge in [0.2, 0.25) is 0 Å². The summed E-state index contributed by atoms with van der Waals surface area (Å²) in [4.78, 5) is 2.34. The van der Waals surface area contributed by atoms with E-state index < -0.39 is 0 Å². The molecule has 0 saturated carbocycles. The molecule has 0 bridgehead atoms. The second kappa shape index (κ2) is 11.3. The van der Waals surface area contributed by atoms with E-state index in [1.807, 2.05) is 18.2 Å². The van der Waals surface area contributed by atoms with Crippen molar-refractivity contribution in [1.29, 1.82) is 0 Å². The third-order valence-corrected chi connectivity index (χ3v) is 6.75. The van der Waals surface area contributed by atoms with E-state index in [1.165, 1.54) is 5.69 Å². The van der Waals surface area contributed by atoms with Crippen molar-refractivity contribution in [1.82, 2.24) is 0 Å². The summed E-state index contributed by atoms with van der Waals surface area (Å²) in [6.45, 7) is 4.29. The number of rotatable bonds is 8. The predicted molar refractivity (Wildman–Crippen MR) is 138 cm³/mol. The minimum absolute atomic E-state index is 0.237. The Balaban J connectivity index is 1.41. The number of halogens is 3. The number of anilines is 2. The Morgan fingerprint density at radius 1 is 1.03 bits per heavy atom. The van der Waals surface area contributed by atoms with Crippen LogP contribution in [-0.2, 0) is 17.9 Å². The number of hydrogen-bond acceptors (Lipinski definition) is 5. The maximum atomic E-state index is 6.26. The Morgan fingerprint density at radius 2 is 1.73 bits per heavy atom. The highest BCUT2D eigenvalue weighted by Gasteiger charge is 2.15. The van der Waals surface area contributed by atoms with Gasteiger partial charge < -0.3 is 24.4 Å². The van der Waals surface area contributed by atoms with Gasteiger partial charge in [0.15, 0.2) is 11.5 Å². The van der Waals surface area contributed by atoms with Crippen molar-refractivity contribution in [3.05, 3.63) is 80.2 Å². The summed E-state index contributed by atoms with van der Waals surface area (Å²) in [6, 6.07) is 17.8. The van der Waals surface area contributed by atoms with Gasteiger partial charge in [0, 0.05) is 46.6 Å². The lowest BCUT2D eigenvalue weighted by molar-refractivity contribution is 0.122. The van der Waals surface area contributed by atoms with E-state index in [9.17, 15) is 0 Å². The number of methoxy groups -OCH3 is 1. The fourth-order valence-corrected chi connectivity index (χ4v) is 4.76. The van der Waals surface area contributed by atoms with Crippen LogP contribution < -0.4 is 19.7 Å². The van der Waals surface area contributed by atoms with Crippen molar-refractivity contribution in [3.8, 4) is 11.5 Å². The molecular formula is C25H25BrCl2N2O3. The summed E-state index contributed by atoms with van der Waals surface area (Å²) < 4.78 is 17.8. The minimum atomic E-state index is 0.237. The van der Waals surface area contributed by atoms with Crippen LogP contribution in [0.4, 0.5) is 11.4 Å². The van der Waals surface area contributed by atoms with Crippen LogP contribution in [0, 0.1) is 0 Å². The molecule has 1 heterocycles. The van der Waals surface area contributed by atoms with Crippen LogP contribution in [-0.4, -0.2) is 33.4 Å². The van der Waals surface area contributed by atoms with Crippen molar-refractivity contribution in [2.45, 2.75) is 13.2 Å². The van der Waals surface area contributed by atoms with E-state index in [4.69, 9.17) is 37.4 Å². The Morgan fingerprint density at radius 3 is 2.39 bits per heavy atom. The zero-order valence-corrected chi connectivity index (χ0v) is 21.3. The summed E-state index contributed by atoms with van der Waals surface area (Å²) in [5.41, 5.74) is 4.06. The van der Waals surface area contributed by atoms with E-state index in [2.05, 4.69) is 50.4 Å². The summed E-state index contributed by atoms with van der Waals surface area (Å²) >= 11 is 16.1. The van der Waals surface area contributed by atoms with Gasteiger partial charge in [-0.1, -0.05) is 29.3 Å². The molecular weight excluding hydrogens is 527 g/mol. The van der Waals surface area contributed by atoms with Gasteiger partial charge in [-0.05, 0) is 70.0 Å².